The van der Waals surface area contributed by atoms with Gasteiger partial charge >= 0.3 is 0 Å². The molecule has 3 aromatic carbocycles. The molecule has 6 heteroatoms. The summed E-state index contributed by atoms with van der Waals surface area (Å²) in [5, 5.41) is 10.8. The van der Waals surface area contributed by atoms with Crippen LogP contribution in [-0.4, -0.2) is 22.6 Å². The molecule has 0 atom stereocenters. The number of aromatic nitrogens is 1. The topological polar surface area (TPSA) is 101 Å². The summed E-state index contributed by atoms with van der Waals surface area (Å²) in [4.78, 5) is 18.2. The van der Waals surface area contributed by atoms with E-state index in [2.05, 4.69) is 9.98 Å². The highest BCUT2D eigenvalue weighted by atomic mass is 16.5. The Morgan fingerprint density at radius 3 is 2.76 bits per heavy atom. The Kier molecular flexibility index (Phi) is 6.97. The van der Waals surface area contributed by atoms with Crippen LogP contribution in [0.15, 0.2) is 84.0 Å². The molecule has 0 amide bonds. The number of hydrogen-bond acceptors (Lipinski definition) is 5. The summed E-state index contributed by atoms with van der Waals surface area (Å²) >= 11 is 0. The summed E-state index contributed by atoms with van der Waals surface area (Å²) < 4.78 is 6.07. The molecule has 0 bridgehead atoms. The zero-order valence-corrected chi connectivity index (χ0v) is 18.1. The zero-order chi connectivity index (χ0) is 23.0. The lowest BCUT2D eigenvalue weighted by Crippen LogP contribution is -1.98. The van der Waals surface area contributed by atoms with Gasteiger partial charge in [-0.15, -0.1) is 0 Å². The van der Waals surface area contributed by atoms with Gasteiger partial charge in [0.05, 0.1) is 13.2 Å². The number of ether oxygens (including phenoxy) is 1. The lowest BCUT2D eigenvalue weighted by atomic mass is 10.1. The molecule has 0 aliphatic carbocycles. The summed E-state index contributed by atoms with van der Waals surface area (Å²) in [6.45, 7) is 0.381. The van der Waals surface area contributed by atoms with Crippen LogP contribution in [0.25, 0.3) is 16.6 Å². The van der Waals surface area contributed by atoms with Crippen LogP contribution >= 0.6 is 0 Å². The number of rotatable bonds is 9. The van der Waals surface area contributed by atoms with Crippen molar-refractivity contribution in [2.75, 3.05) is 0 Å². The molecule has 4 rings (SSSR count). The lowest BCUT2D eigenvalue weighted by Gasteiger charge is -2.12. The molecule has 0 fully saturated rings. The van der Waals surface area contributed by atoms with E-state index in [9.17, 15) is 9.90 Å². The minimum atomic E-state index is -0.124. The number of aliphatic hydroxyl groups is 1. The molecule has 0 spiro atoms. The van der Waals surface area contributed by atoms with Gasteiger partial charge in [-0.3, -0.25) is 4.99 Å². The highest BCUT2D eigenvalue weighted by Gasteiger charge is 2.10. The fourth-order valence-corrected chi connectivity index (χ4v) is 3.64. The molecule has 4 aromatic rings. The van der Waals surface area contributed by atoms with E-state index in [1.54, 1.807) is 12.3 Å². The van der Waals surface area contributed by atoms with Gasteiger partial charge in [0.25, 0.3) is 0 Å². The van der Waals surface area contributed by atoms with Gasteiger partial charge in [-0.25, -0.2) is 0 Å². The summed E-state index contributed by atoms with van der Waals surface area (Å²) in [7, 11) is 0. The Morgan fingerprint density at radius 1 is 1.06 bits per heavy atom. The van der Waals surface area contributed by atoms with Crippen molar-refractivity contribution in [1.82, 2.24) is 4.98 Å². The van der Waals surface area contributed by atoms with Gasteiger partial charge in [-0.1, -0.05) is 36.4 Å². The highest BCUT2D eigenvalue weighted by molar-refractivity contribution is 5.85. The number of nitrogens with two attached hydrogens (primary N) is 1. The van der Waals surface area contributed by atoms with E-state index in [4.69, 9.17) is 10.5 Å². The van der Waals surface area contributed by atoms with Crippen LogP contribution in [0.2, 0.25) is 0 Å². The van der Waals surface area contributed by atoms with Gasteiger partial charge < -0.3 is 25.4 Å². The molecule has 6 nitrogen and oxygen atoms in total. The smallest absolute Gasteiger partial charge is 0.133 e. The predicted molar refractivity (Wildman–Crippen MR) is 131 cm³/mol. The maximum atomic E-state index is 10.7. The maximum absolute atomic E-state index is 10.7. The van der Waals surface area contributed by atoms with Crippen molar-refractivity contribution in [3.8, 4) is 11.5 Å². The predicted octanol–water partition coefficient (Wildman–Crippen LogP) is 4.76. The Bertz CT molecular complexity index is 1320. The number of aliphatic imine (C=N–C) groups is 1. The third kappa shape index (κ3) is 5.37. The summed E-state index contributed by atoms with van der Waals surface area (Å²) in [5.74, 6) is 1.22. The Labute approximate surface area is 192 Å². The minimum absolute atomic E-state index is 0.124. The molecule has 1 heterocycles. The van der Waals surface area contributed by atoms with Crippen LogP contribution in [-0.2, 0) is 24.4 Å². The Morgan fingerprint density at radius 2 is 1.91 bits per heavy atom. The second-order valence-electron chi connectivity index (χ2n) is 7.57. The number of hydrogen-bond donors (Lipinski definition) is 3. The average Bonchev–Trinajstić information content (AvgIpc) is 3.31. The van der Waals surface area contributed by atoms with E-state index in [0.29, 0.717) is 30.2 Å². The van der Waals surface area contributed by atoms with Crippen molar-refractivity contribution in [3.63, 3.8) is 0 Å². The SMILES string of the molecule is N/C(=C\C=NCc1cccc(CC=O)c1)c1cccc(Oc2ccc3[nH]ccc3c2CO)c1. The number of aldehydes is 1. The third-order valence-corrected chi connectivity index (χ3v) is 5.30. The maximum Gasteiger partial charge on any atom is 0.133 e. The summed E-state index contributed by atoms with van der Waals surface area (Å²) in [6, 6.07) is 21.0. The Balaban J connectivity index is 1.46. The van der Waals surface area contributed by atoms with Crippen molar-refractivity contribution in [1.29, 1.82) is 0 Å². The average molecular weight is 440 g/mol. The first-order valence-electron chi connectivity index (χ1n) is 10.6. The molecular weight excluding hydrogens is 414 g/mol. The van der Waals surface area contributed by atoms with Crippen LogP contribution in [0, 0.1) is 0 Å². The molecule has 0 saturated carbocycles. The first-order chi connectivity index (χ1) is 16.2. The van der Waals surface area contributed by atoms with E-state index >= 15 is 0 Å². The van der Waals surface area contributed by atoms with Gasteiger partial charge in [0.2, 0.25) is 0 Å². The first-order valence-corrected chi connectivity index (χ1v) is 10.6. The van der Waals surface area contributed by atoms with Crippen LogP contribution in [0.1, 0.15) is 22.3 Å². The van der Waals surface area contributed by atoms with E-state index < -0.39 is 0 Å². The van der Waals surface area contributed by atoms with E-state index in [1.807, 2.05) is 72.9 Å². The summed E-state index contributed by atoms with van der Waals surface area (Å²) in [5.41, 5.74) is 11.3. The zero-order valence-electron chi connectivity index (χ0n) is 18.1. The second-order valence-corrected chi connectivity index (χ2v) is 7.57. The van der Waals surface area contributed by atoms with Gasteiger partial charge in [-0.05, 0) is 47.5 Å². The lowest BCUT2D eigenvalue weighted by molar-refractivity contribution is -0.107. The van der Waals surface area contributed by atoms with Crippen molar-refractivity contribution in [2.24, 2.45) is 10.7 Å². The number of benzene rings is 3. The molecule has 0 aliphatic rings. The molecular formula is C27H25N3O3. The number of aromatic amines is 1. The number of aliphatic hydroxyl groups excluding tert-OH is 1. The minimum Gasteiger partial charge on any atom is -0.457 e. The van der Waals surface area contributed by atoms with Gasteiger partial charge in [-0.2, -0.15) is 0 Å². The normalized spacial score (nSPS) is 11.8. The number of allylic oxidation sites excluding steroid dienone is 1. The quantitative estimate of drug-likeness (QED) is 0.258. The molecule has 0 saturated heterocycles. The highest BCUT2D eigenvalue weighted by Crippen LogP contribution is 2.32. The monoisotopic (exact) mass is 439 g/mol. The standard InChI is InChI=1S/C27H25N3O3/c28-25(10-12-29-17-20-4-1-3-19(15-20)11-14-31)21-5-2-6-22(16-21)33-27-8-7-26-23(9-13-30-26)24(27)18-32/h1-10,12-16,30,32H,11,17-18,28H2/b25-10-,29-12?. The summed E-state index contributed by atoms with van der Waals surface area (Å²) in [6.07, 6.45) is 6.57. The number of nitrogens with one attached hydrogen (secondary N) is 1. The van der Waals surface area contributed by atoms with E-state index in [1.165, 1.54) is 0 Å². The molecule has 0 aliphatic heterocycles. The molecule has 33 heavy (non-hydrogen) atoms. The second kappa shape index (κ2) is 10.4. The van der Waals surface area contributed by atoms with Crippen LogP contribution in [0.4, 0.5) is 0 Å². The Hall–Kier alpha value is -4.16. The molecule has 0 unspecified atom stereocenters. The van der Waals surface area contributed by atoms with Gasteiger partial charge in [0.1, 0.15) is 17.8 Å². The number of fused-ring (bicyclic) bond motifs is 1. The van der Waals surface area contributed by atoms with E-state index in [-0.39, 0.29) is 6.61 Å². The fraction of sp³-hybridized carbons (Fsp3) is 0.111. The molecule has 166 valence electrons. The third-order valence-electron chi connectivity index (χ3n) is 5.30. The molecule has 0 radical (unpaired) electrons. The number of carbonyl (C=O) groups excluding carboxylic acids is 1. The number of carbonyl (C=O) groups is 1. The van der Waals surface area contributed by atoms with Crippen molar-refractivity contribution in [2.45, 2.75) is 19.6 Å². The van der Waals surface area contributed by atoms with Crippen molar-refractivity contribution in [3.05, 3.63) is 101 Å². The van der Waals surface area contributed by atoms with Gasteiger partial charge in [0, 0.05) is 46.6 Å². The van der Waals surface area contributed by atoms with E-state index in [0.717, 1.165) is 39.4 Å². The van der Waals surface area contributed by atoms with Crippen LogP contribution in [0.3, 0.4) is 0 Å². The largest absolute Gasteiger partial charge is 0.457 e. The molecule has 4 N–H and O–H groups in total. The number of nitrogens with zero attached hydrogens (tertiary/aromatic N) is 1. The molecule has 1 aromatic heterocycles. The van der Waals surface area contributed by atoms with Crippen molar-refractivity contribution < 1.29 is 14.6 Å². The van der Waals surface area contributed by atoms with Crippen molar-refractivity contribution >= 4 is 29.1 Å². The fourth-order valence-electron chi connectivity index (χ4n) is 3.64. The van der Waals surface area contributed by atoms with Gasteiger partial charge in [0.15, 0.2) is 0 Å². The van der Waals surface area contributed by atoms with Crippen LogP contribution < -0.4 is 10.5 Å². The van der Waals surface area contributed by atoms with Crippen LogP contribution in [0.5, 0.6) is 11.5 Å². The number of H-pyrrole nitrogens is 1. The first kappa shape index (κ1) is 22.0.